The van der Waals surface area contributed by atoms with Gasteiger partial charge in [-0.3, -0.25) is 0 Å². The quantitative estimate of drug-likeness (QED) is 0.860. The minimum atomic E-state index is -3.45. The summed E-state index contributed by atoms with van der Waals surface area (Å²) in [6.45, 7) is 0.142. The maximum Gasteiger partial charge on any atom is 0.251 e. The minimum Gasteiger partial charge on any atom is -0.209 e. The van der Waals surface area contributed by atoms with Crippen molar-refractivity contribution in [1.29, 1.82) is 5.26 Å². The van der Waals surface area contributed by atoms with Gasteiger partial charge in [0.2, 0.25) is 0 Å². The van der Waals surface area contributed by atoms with E-state index in [0.29, 0.717) is 4.47 Å². The second kappa shape index (κ2) is 4.89. The van der Waals surface area contributed by atoms with E-state index in [9.17, 15) is 8.42 Å². The van der Waals surface area contributed by atoms with E-state index in [1.165, 1.54) is 0 Å². The van der Waals surface area contributed by atoms with Crippen LogP contribution in [-0.4, -0.2) is 15.0 Å². The molecule has 0 saturated carbocycles. The number of rotatable bonds is 4. The van der Waals surface area contributed by atoms with Gasteiger partial charge in [-0.25, -0.2) is 13.1 Å². The Hall–Kier alpha value is -0.420. The molecule has 0 amide bonds. The Morgan fingerprint density at radius 3 is 2.86 bits per heavy atom. The summed E-state index contributed by atoms with van der Waals surface area (Å²) in [4.78, 5) is 0. The predicted molar refractivity (Wildman–Crippen MR) is 57.4 cm³/mol. The molecule has 0 aliphatic rings. The lowest BCUT2D eigenvalue weighted by Gasteiger charge is -2.02. The molecule has 1 rings (SSSR count). The maximum atomic E-state index is 11.5. The maximum absolute atomic E-state index is 11.5. The molecule has 0 atom stereocenters. The van der Waals surface area contributed by atoms with Crippen LogP contribution in [0.2, 0.25) is 0 Å². The van der Waals surface area contributed by atoms with Gasteiger partial charge in [-0.15, -0.1) is 11.3 Å². The summed E-state index contributed by atoms with van der Waals surface area (Å²) in [5, 5.41) is 9.94. The highest BCUT2D eigenvalue weighted by atomic mass is 79.9. The van der Waals surface area contributed by atoms with Crippen LogP contribution in [0, 0.1) is 11.3 Å². The van der Waals surface area contributed by atoms with E-state index in [4.69, 9.17) is 5.26 Å². The normalized spacial score (nSPS) is 11.1. The van der Waals surface area contributed by atoms with Crippen molar-refractivity contribution in [3.63, 3.8) is 0 Å². The number of nitrogens with zero attached hydrogens (tertiary/aromatic N) is 1. The van der Waals surface area contributed by atoms with Crippen molar-refractivity contribution in [3.05, 3.63) is 15.9 Å². The Kier molecular flexibility index (Phi) is 4.07. The van der Waals surface area contributed by atoms with Crippen molar-refractivity contribution in [1.82, 2.24) is 4.72 Å². The van der Waals surface area contributed by atoms with Crippen LogP contribution < -0.4 is 4.72 Å². The van der Waals surface area contributed by atoms with Crippen molar-refractivity contribution in [3.8, 4) is 6.07 Å². The molecule has 76 valence electrons. The third-order valence-corrected chi connectivity index (χ3v) is 5.49. The minimum absolute atomic E-state index is 0.142. The van der Waals surface area contributed by atoms with E-state index < -0.39 is 10.0 Å². The summed E-state index contributed by atoms with van der Waals surface area (Å²) in [5.74, 6) is 0. The first-order valence-corrected chi connectivity index (χ1v) is 6.83. The molecule has 1 heterocycles. The SMILES string of the molecule is N#CCCNS(=O)(=O)c1sccc1Br. The topological polar surface area (TPSA) is 70.0 Å². The molecule has 0 saturated heterocycles. The zero-order chi connectivity index (χ0) is 10.6. The highest BCUT2D eigenvalue weighted by molar-refractivity contribution is 9.10. The lowest BCUT2D eigenvalue weighted by molar-refractivity contribution is 0.584. The highest BCUT2D eigenvalue weighted by Crippen LogP contribution is 2.27. The molecule has 0 radical (unpaired) electrons. The smallest absolute Gasteiger partial charge is 0.209 e. The predicted octanol–water partition coefficient (Wildman–Crippen LogP) is 1.70. The van der Waals surface area contributed by atoms with Gasteiger partial charge in [0.25, 0.3) is 10.0 Å². The first-order chi connectivity index (χ1) is 6.58. The Balaban J connectivity index is 2.78. The number of sulfonamides is 1. The molecule has 1 aromatic heterocycles. The molecule has 1 aromatic rings. The van der Waals surface area contributed by atoms with Crippen molar-refractivity contribution in [2.24, 2.45) is 0 Å². The van der Waals surface area contributed by atoms with Crippen LogP contribution in [0.1, 0.15) is 6.42 Å². The molecule has 7 heteroatoms. The van der Waals surface area contributed by atoms with Crippen LogP contribution in [0.5, 0.6) is 0 Å². The molecule has 0 fully saturated rings. The Labute approximate surface area is 94.7 Å². The number of hydrogen-bond donors (Lipinski definition) is 1. The average molecular weight is 295 g/mol. The lowest BCUT2D eigenvalue weighted by atomic mass is 10.5. The summed E-state index contributed by atoms with van der Waals surface area (Å²) >= 11 is 4.27. The third kappa shape index (κ3) is 2.78. The molecule has 0 aliphatic heterocycles. The largest absolute Gasteiger partial charge is 0.251 e. The van der Waals surface area contributed by atoms with E-state index in [-0.39, 0.29) is 17.2 Å². The van der Waals surface area contributed by atoms with Crippen LogP contribution in [-0.2, 0) is 10.0 Å². The number of nitrogens with one attached hydrogen (secondary N) is 1. The second-order valence-electron chi connectivity index (χ2n) is 2.36. The Morgan fingerprint density at radius 2 is 2.36 bits per heavy atom. The van der Waals surface area contributed by atoms with E-state index in [1.54, 1.807) is 11.4 Å². The van der Waals surface area contributed by atoms with E-state index >= 15 is 0 Å². The zero-order valence-electron chi connectivity index (χ0n) is 7.03. The fourth-order valence-corrected chi connectivity index (χ4v) is 4.19. The van der Waals surface area contributed by atoms with Gasteiger partial charge in [0, 0.05) is 17.4 Å². The lowest BCUT2D eigenvalue weighted by Crippen LogP contribution is -2.23. The first kappa shape index (κ1) is 11.7. The number of nitriles is 1. The standard InChI is InChI=1S/C7H7BrN2O2S2/c8-6-2-5-13-7(6)14(11,12)10-4-1-3-9/h2,5,10H,1,4H2. The molecule has 14 heavy (non-hydrogen) atoms. The summed E-state index contributed by atoms with van der Waals surface area (Å²) in [5.41, 5.74) is 0. The molecule has 4 nitrogen and oxygen atoms in total. The van der Waals surface area contributed by atoms with Crippen LogP contribution in [0.15, 0.2) is 20.1 Å². The van der Waals surface area contributed by atoms with Crippen molar-refractivity contribution in [2.45, 2.75) is 10.6 Å². The fraction of sp³-hybridized carbons (Fsp3) is 0.286. The molecule has 0 bridgehead atoms. The van der Waals surface area contributed by atoms with Gasteiger partial charge >= 0.3 is 0 Å². The highest BCUT2D eigenvalue weighted by Gasteiger charge is 2.17. The molecular formula is C7H7BrN2O2S2. The first-order valence-electron chi connectivity index (χ1n) is 3.67. The van der Waals surface area contributed by atoms with Crippen molar-refractivity contribution >= 4 is 37.3 Å². The number of hydrogen-bond acceptors (Lipinski definition) is 4. The monoisotopic (exact) mass is 294 g/mol. The van der Waals surface area contributed by atoms with Gasteiger partial charge in [0.15, 0.2) is 0 Å². The van der Waals surface area contributed by atoms with E-state index in [0.717, 1.165) is 11.3 Å². The van der Waals surface area contributed by atoms with Gasteiger partial charge < -0.3 is 0 Å². The van der Waals surface area contributed by atoms with Crippen LogP contribution in [0.3, 0.4) is 0 Å². The summed E-state index contributed by atoms with van der Waals surface area (Å²) in [7, 11) is -3.45. The number of thiophene rings is 1. The number of halogens is 1. The Morgan fingerprint density at radius 1 is 1.64 bits per heavy atom. The molecule has 0 unspecified atom stereocenters. The fourth-order valence-electron chi connectivity index (χ4n) is 0.778. The summed E-state index contributed by atoms with van der Waals surface area (Å²) in [6.07, 6.45) is 0.169. The van der Waals surface area contributed by atoms with Gasteiger partial charge in [0.1, 0.15) is 4.21 Å². The molecule has 1 N–H and O–H groups in total. The Bertz CT molecular complexity index is 447. The van der Waals surface area contributed by atoms with Gasteiger partial charge in [-0.1, -0.05) is 0 Å². The average Bonchev–Trinajstić information content (AvgIpc) is 2.52. The summed E-state index contributed by atoms with van der Waals surface area (Å²) in [6, 6.07) is 3.54. The van der Waals surface area contributed by atoms with E-state index in [2.05, 4.69) is 20.7 Å². The molecular weight excluding hydrogens is 288 g/mol. The molecule has 0 aromatic carbocycles. The summed E-state index contributed by atoms with van der Waals surface area (Å²) < 4.78 is 26.2. The van der Waals surface area contributed by atoms with E-state index in [1.807, 2.05) is 6.07 Å². The van der Waals surface area contributed by atoms with Crippen LogP contribution >= 0.6 is 27.3 Å². The molecule has 0 aliphatic carbocycles. The van der Waals surface area contributed by atoms with Crippen LogP contribution in [0.25, 0.3) is 0 Å². The van der Waals surface area contributed by atoms with Gasteiger partial charge in [-0.05, 0) is 27.4 Å². The third-order valence-electron chi connectivity index (χ3n) is 1.36. The van der Waals surface area contributed by atoms with Crippen LogP contribution in [0.4, 0.5) is 0 Å². The van der Waals surface area contributed by atoms with Gasteiger partial charge in [-0.2, -0.15) is 5.26 Å². The zero-order valence-corrected chi connectivity index (χ0v) is 10.2. The van der Waals surface area contributed by atoms with Gasteiger partial charge in [0.05, 0.1) is 6.07 Å². The van der Waals surface area contributed by atoms with Crippen molar-refractivity contribution in [2.75, 3.05) is 6.54 Å². The molecule has 0 spiro atoms. The second-order valence-corrected chi connectivity index (χ2v) is 6.09. The van der Waals surface area contributed by atoms with Crippen molar-refractivity contribution < 1.29 is 8.42 Å².